The van der Waals surface area contributed by atoms with Gasteiger partial charge in [-0.1, -0.05) is 36.3 Å². The highest BCUT2D eigenvalue weighted by atomic mass is 16.6. The first-order valence-corrected chi connectivity index (χ1v) is 8.83. The van der Waals surface area contributed by atoms with Crippen LogP contribution in [0, 0.1) is 0 Å². The van der Waals surface area contributed by atoms with Gasteiger partial charge in [0, 0.05) is 25.6 Å². The molecule has 1 unspecified atom stereocenters. The molecule has 2 aliphatic heterocycles. The van der Waals surface area contributed by atoms with Crippen molar-refractivity contribution in [3.63, 3.8) is 0 Å². The predicted molar refractivity (Wildman–Crippen MR) is 96.9 cm³/mol. The molecule has 25 heavy (non-hydrogen) atoms. The molecule has 1 atom stereocenters. The lowest BCUT2D eigenvalue weighted by molar-refractivity contribution is 0.0686. The average molecular weight is 338 g/mol. The monoisotopic (exact) mass is 338 g/mol. The van der Waals surface area contributed by atoms with Gasteiger partial charge in [-0.15, -0.1) is 0 Å². The number of benzene rings is 1. The molecule has 2 aromatic rings. The highest BCUT2D eigenvalue weighted by molar-refractivity contribution is 5.85. The maximum atomic E-state index is 12.4. The Morgan fingerprint density at radius 3 is 2.88 bits per heavy atom. The molecule has 0 saturated heterocycles. The molecular weight excluding hydrogens is 316 g/mol. The van der Waals surface area contributed by atoms with Gasteiger partial charge in [-0.25, -0.2) is 4.68 Å². The number of hydrogen-bond donors (Lipinski definition) is 0. The van der Waals surface area contributed by atoms with E-state index in [0.717, 1.165) is 43.8 Å². The summed E-state index contributed by atoms with van der Waals surface area (Å²) in [6, 6.07) is 10.1. The molecule has 1 aromatic carbocycles. The zero-order valence-corrected chi connectivity index (χ0v) is 14.4. The molecule has 1 aromatic heterocycles. The van der Waals surface area contributed by atoms with Crippen LogP contribution in [0.4, 0.5) is 5.69 Å². The molecule has 0 bridgehead atoms. The Kier molecular flexibility index (Phi) is 4.26. The number of anilines is 1. The Morgan fingerprint density at radius 2 is 2.12 bits per heavy atom. The van der Waals surface area contributed by atoms with Crippen LogP contribution in [0.1, 0.15) is 30.9 Å². The smallest absolute Gasteiger partial charge is 0.268 e. The molecule has 2 aliphatic rings. The quantitative estimate of drug-likeness (QED) is 0.859. The third kappa shape index (κ3) is 3.29. The molecule has 0 spiro atoms. The third-order valence-corrected chi connectivity index (χ3v) is 4.93. The lowest BCUT2D eigenvalue weighted by Gasteiger charge is -2.30. The molecular formula is C19H22N4O2. The topological polar surface area (TPSA) is 59.7 Å². The molecule has 130 valence electrons. The first kappa shape index (κ1) is 15.9. The molecule has 0 N–H and O–H groups in total. The number of fused-ring (bicyclic) bond motifs is 1. The second-order valence-electron chi connectivity index (χ2n) is 6.62. The van der Waals surface area contributed by atoms with Crippen LogP contribution < -0.4 is 10.5 Å². The van der Waals surface area contributed by atoms with Crippen LogP contribution >= 0.6 is 0 Å². The number of nitrogens with zero attached hydrogens (tertiary/aromatic N) is 4. The minimum Gasteiger partial charge on any atom is -0.390 e. The van der Waals surface area contributed by atoms with Crippen molar-refractivity contribution < 1.29 is 4.84 Å². The molecule has 0 aliphatic carbocycles. The van der Waals surface area contributed by atoms with E-state index in [-0.39, 0.29) is 11.7 Å². The number of hydrogen-bond acceptors (Lipinski definition) is 5. The van der Waals surface area contributed by atoms with Gasteiger partial charge >= 0.3 is 0 Å². The van der Waals surface area contributed by atoms with Gasteiger partial charge in [0.15, 0.2) is 6.10 Å². The average Bonchev–Trinajstić information content (AvgIpc) is 3.11. The summed E-state index contributed by atoms with van der Waals surface area (Å²) in [6.07, 6.45) is 4.34. The normalized spacial score (nSPS) is 19.3. The molecule has 3 heterocycles. The van der Waals surface area contributed by atoms with Gasteiger partial charge in [0.2, 0.25) is 0 Å². The van der Waals surface area contributed by atoms with E-state index in [1.165, 1.54) is 15.8 Å². The predicted octanol–water partition coefficient (Wildman–Crippen LogP) is 2.36. The zero-order valence-electron chi connectivity index (χ0n) is 14.4. The van der Waals surface area contributed by atoms with Crippen LogP contribution in [0.25, 0.3) is 0 Å². The Hall–Kier alpha value is -2.63. The van der Waals surface area contributed by atoms with Gasteiger partial charge in [0.1, 0.15) is 0 Å². The van der Waals surface area contributed by atoms with Crippen LogP contribution in [0.5, 0.6) is 0 Å². The van der Waals surface area contributed by atoms with Crippen LogP contribution in [0.3, 0.4) is 0 Å². The minimum absolute atomic E-state index is 0.0899. The number of rotatable bonds is 4. The first-order chi connectivity index (χ1) is 12.2. The van der Waals surface area contributed by atoms with Gasteiger partial charge in [0.25, 0.3) is 5.56 Å². The van der Waals surface area contributed by atoms with E-state index in [9.17, 15) is 4.79 Å². The van der Waals surface area contributed by atoms with Crippen molar-refractivity contribution in [2.24, 2.45) is 5.16 Å². The molecule has 0 radical (unpaired) electrons. The van der Waals surface area contributed by atoms with Crippen molar-refractivity contribution in [2.75, 3.05) is 11.4 Å². The molecule has 0 amide bonds. The summed E-state index contributed by atoms with van der Waals surface area (Å²) in [5.41, 5.74) is 4.55. The fourth-order valence-corrected chi connectivity index (χ4v) is 3.44. The highest BCUT2D eigenvalue weighted by Gasteiger charge is 2.22. The van der Waals surface area contributed by atoms with Gasteiger partial charge in [-0.3, -0.25) is 4.79 Å². The fraction of sp³-hybridized carbons (Fsp3) is 0.421. The Balaban J connectivity index is 1.47. The largest absolute Gasteiger partial charge is 0.390 e. The molecule has 0 fully saturated rings. The first-order valence-electron chi connectivity index (χ1n) is 8.83. The Morgan fingerprint density at radius 1 is 1.28 bits per heavy atom. The van der Waals surface area contributed by atoms with E-state index in [2.05, 4.69) is 46.3 Å². The number of aromatic nitrogens is 2. The maximum Gasteiger partial charge on any atom is 0.268 e. The second kappa shape index (κ2) is 6.70. The number of oxime groups is 1. The van der Waals surface area contributed by atoms with Crippen LogP contribution in [-0.4, -0.2) is 28.1 Å². The summed E-state index contributed by atoms with van der Waals surface area (Å²) >= 11 is 0. The van der Waals surface area contributed by atoms with Gasteiger partial charge in [0.05, 0.1) is 24.1 Å². The SMILES string of the molecule is CCC1=NOC(Cn2ncc(N3CCc4ccccc4C3)cc2=O)C1. The summed E-state index contributed by atoms with van der Waals surface area (Å²) in [6.45, 7) is 4.22. The maximum absolute atomic E-state index is 12.4. The van der Waals surface area contributed by atoms with Gasteiger partial charge in [-0.05, 0) is 24.0 Å². The second-order valence-corrected chi connectivity index (χ2v) is 6.62. The third-order valence-electron chi connectivity index (χ3n) is 4.93. The molecule has 6 nitrogen and oxygen atoms in total. The Labute approximate surface area is 146 Å². The van der Waals surface area contributed by atoms with Crippen molar-refractivity contribution in [1.82, 2.24) is 9.78 Å². The van der Waals surface area contributed by atoms with E-state index < -0.39 is 0 Å². The van der Waals surface area contributed by atoms with E-state index >= 15 is 0 Å². The fourth-order valence-electron chi connectivity index (χ4n) is 3.44. The zero-order chi connectivity index (χ0) is 17.2. The van der Waals surface area contributed by atoms with Crippen LogP contribution in [-0.2, 0) is 24.3 Å². The van der Waals surface area contributed by atoms with E-state index in [1.54, 1.807) is 12.3 Å². The molecule has 4 rings (SSSR count). The van der Waals surface area contributed by atoms with Crippen molar-refractivity contribution in [1.29, 1.82) is 0 Å². The van der Waals surface area contributed by atoms with E-state index in [4.69, 9.17) is 4.84 Å². The van der Waals surface area contributed by atoms with Crippen LogP contribution in [0.15, 0.2) is 46.5 Å². The van der Waals surface area contributed by atoms with Crippen LogP contribution in [0.2, 0.25) is 0 Å². The van der Waals surface area contributed by atoms with Gasteiger partial charge < -0.3 is 9.74 Å². The van der Waals surface area contributed by atoms with Crippen molar-refractivity contribution >= 4 is 11.4 Å². The lowest BCUT2D eigenvalue weighted by atomic mass is 10.00. The van der Waals surface area contributed by atoms with E-state index in [0.29, 0.717) is 6.54 Å². The molecule has 6 heteroatoms. The minimum atomic E-state index is -0.0927. The van der Waals surface area contributed by atoms with Crippen molar-refractivity contribution in [2.45, 2.75) is 45.4 Å². The highest BCUT2D eigenvalue weighted by Crippen LogP contribution is 2.23. The van der Waals surface area contributed by atoms with Crippen molar-refractivity contribution in [3.05, 3.63) is 58.0 Å². The summed E-state index contributed by atoms with van der Waals surface area (Å²) < 4.78 is 1.47. The lowest BCUT2D eigenvalue weighted by Crippen LogP contribution is -2.33. The summed E-state index contributed by atoms with van der Waals surface area (Å²) in [7, 11) is 0. The summed E-state index contributed by atoms with van der Waals surface area (Å²) in [4.78, 5) is 20.0. The standard InChI is InChI=1S/C19H22N4O2/c1-2-16-9-18(25-21-16)13-23-19(24)10-17(11-20-23)22-8-7-14-5-3-4-6-15(14)12-22/h3-6,10-11,18H,2,7-9,12-13H2,1H3. The van der Waals surface area contributed by atoms with E-state index in [1.807, 2.05) is 0 Å². The van der Waals surface area contributed by atoms with Gasteiger partial charge in [-0.2, -0.15) is 5.10 Å². The Bertz CT molecular complexity index is 858. The summed E-state index contributed by atoms with van der Waals surface area (Å²) in [5, 5.41) is 8.39. The summed E-state index contributed by atoms with van der Waals surface area (Å²) in [5.74, 6) is 0. The van der Waals surface area contributed by atoms with Crippen molar-refractivity contribution in [3.8, 4) is 0 Å². The molecule has 0 saturated carbocycles.